The molecule has 0 N–H and O–H groups in total. The quantitative estimate of drug-likeness (QED) is 0.777. The highest BCUT2D eigenvalue weighted by molar-refractivity contribution is 7.81. The smallest absolute Gasteiger partial charge is 0.0717 e. The van der Waals surface area contributed by atoms with Crippen molar-refractivity contribution in [2.45, 2.75) is 11.9 Å². The number of thiol groups is 1. The summed E-state index contributed by atoms with van der Waals surface area (Å²) in [5.74, 6) is 0. The predicted molar refractivity (Wildman–Crippen MR) is 104 cm³/mol. The number of anilines is 1. The van der Waals surface area contributed by atoms with E-state index in [1.165, 1.54) is 11.3 Å². The maximum Gasteiger partial charge on any atom is 0.0717 e. The number of para-hydroxylation sites is 1. The molecule has 0 spiro atoms. The molecule has 1 saturated heterocycles. The molecule has 0 aliphatic carbocycles. The van der Waals surface area contributed by atoms with Crippen LogP contribution in [0, 0.1) is 0 Å². The van der Waals surface area contributed by atoms with Crippen molar-refractivity contribution in [2.75, 3.05) is 44.2 Å². The fourth-order valence-electron chi connectivity index (χ4n) is 3.07. The lowest BCUT2D eigenvalue weighted by Gasteiger charge is -2.37. The highest BCUT2D eigenvalue weighted by Gasteiger charge is 2.19. The van der Waals surface area contributed by atoms with E-state index < -0.39 is 0 Å². The van der Waals surface area contributed by atoms with Crippen LogP contribution in [0.2, 0.25) is 0 Å². The summed E-state index contributed by atoms with van der Waals surface area (Å²) in [6.45, 7) is 6.68. The first-order chi connectivity index (χ1) is 11.8. The molecule has 3 nitrogen and oxygen atoms in total. The van der Waals surface area contributed by atoms with E-state index in [1.54, 1.807) is 0 Å². The van der Waals surface area contributed by atoms with Crippen molar-refractivity contribution in [3.63, 3.8) is 0 Å². The van der Waals surface area contributed by atoms with E-state index in [0.29, 0.717) is 13.2 Å². The molecule has 3 rings (SSSR count). The first kappa shape index (κ1) is 17.3. The van der Waals surface area contributed by atoms with E-state index in [-0.39, 0.29) is 5.25 Å². The molecular formula is C20H26N2OS. The van der Waals surface area contributed by atoms with E-state index in [9.17, 15) is 0 Å². The van der Waals surface area contributed by atoms with Gasteiger partial charge in [0.1, 0.15) is 0 Å². The van der Waals surface area contributed by atoms with Gasteiger partial charge in [0, 0.05) is 43.7 Å². The normalized spacial score (nSPS) is 17.0. The number of benzene rings is 2. The minimum atomic E-state index is 0.261. The van der Waals surface area contributed by atoms with Crippen molar-refractivity contribution >= 4 is 18.3 Å². The van der Waals surface area contributed by atoms with Gasteiger partial charge in [0.15, 0.2) is 0 Å². The Morgan fingerprint density at radius 3 is 2.17 bits per heavy atom. The van der Waals surface area contributed by atoms with Gasteiger partial charge in [-0.1, -0.05) is 48.5 Å². The molecule has 0 saturated carbocycles. The van der Waals surface area contributed by atoms with Crippen LogP contribution in [-0.4, -0.2) is 49.5 Å². The van der Waals surface area contributed by atoms with Crippen LogP contribution in [0.5, 0.6) is 0 Å². The Kier molecular flexibility index (Phi) is 6.58. The fraction of sp³-hybridized carbons (Fsp3) is 0.400. The largest absolute Gasteiger partial charge is 0.376 e. The Morgan fingerprint density at radius 2 is 1.50 bits per heavy atom. The first-order valence-electron chi connectivity index (χ1n) is 8.63. The van der Waals surface area contributed by atoms with Gasteiger partial charge in [0.25, 0.3) is 0 Å². The van der Waals surface area contributed by atoms with Crippen LogP contribution in [-0.2, 0) is 11.3 Å². The summed E-state index contributed by atoms with van der Waals surface area (Å²) in [6, 6.07) is 21.0. The molecular weight excluding hydrogens is 316 g/mol. The molecule has 0 radical (unpaired) electrons. The van der Waals surface area contributed by atoms with Gasteiger partial charge in [-0.15, -0.1) is 0 Å². The highest BCUT2D eigenvalue weighted by Crippen LogP contribution is 2.16. The molecule has 1 fully saturated rings. The lowest BCUT2D eigenvalue weighted by Crippen LogP contribution is -2.48. The van der Waals surface area contributed by atoms with Crippen LogP contribution in [0.3, 0.4) is 0 Å². The van der Waals surface area contributed by atoms with Gasteiger partial charge in [0.2, 0.25) is 0 Å². The molecule has 0 bridgehead atoms. The molecule has 0 aromatic heterocycles. The number of rotatable bonds is 7. The van der Waals surface area contributed by atoms with Crippen molar-refractivity contribution in [2.24, 2.45) is 0 Å². The maximum atomic E-state index is 5.80. The summed E-state index contributed by atoms with van der Waals surface area (Å²) < 4.78 is 5.80. The highest BCUT2D eigenvalue weighted by atomic mass is 32.1. The summed E-state index contributed by atoms with van der Waals surface area (Å²) in [5.41, 5.74) is 2.54. The zero-order valence-electron chi connectivity index (χ0n) is 14.1. The van der Waals surface area contributed by atoms with Crippen molar-refractivity contribution in [3.05, 3.63) is 66.2 Å². The van der Waals surface area contributed by atoms with E-state index in [0.717, 1.165) is 32.7 Å². The van der Waals surface area contributed by atoms with Crippen LogP contribution in [0.4, 0.5) is 5.69 Å². The van der Waals surface area contributed by atoms with Gasteiger partial charge in [-0.05, 0) is 17.7 Å². The molecule has 1 heterocycles. The minimum Gasteiger partial charge on any atom is -0.376 e. The molecule has 24 heavy (non-hydrogen) atoms. The van der Waals surface area contributed by atoms with Crippen LogP contribution in [0.25, 0.3) is 0 Å². The monoisotopic (exact) mass is 342 g/mol. The Labute approximate surface area is 150 Å². The first-order valence-corrected chi connectivity index (χ1v) is 9.15. The molecule has 128 valence electrons. The van der Waals surface area contributed by atoms with Gasteiger partial charge >= 0.3 is 0 Å². The third-order valence-corrected chi connectivity index (χ3v) is 4.70. The topological polar surface area (TPSA) is 15.7 Å². The zero-order chi connectivity index (χ0) is 16.6. The molecule has 4 heteroatoms. The van der Waals surface area contributed by atoms with Crippen molar-refractivity contribution in [3.8, 4) is 0 Å². The average molecular weight is 343 g/mol. The number of piperazine rings is 1. The fourth-order valence-corrected chi connectivity index (χ4v) is 3.40. The number of hydrogen-bond donors (Lipinski definition) is 1. The minimum absolute atomic E-state index is 0.261. The Morgan fingerprint density at radius 1 is 0.875 bits per heavy atom. The average Bonchev–Trinajstić information content (AvgIpc) is 2.64. The predicted octanol–water partition coefficient (Wildman–Crippen LogP) is 3.32. The Hall–Kier alpha value is -1.49. The molecule has 0 unspecified atom stereocenters. The molecule has 1 aliphatic heterocycles. The van der Waals surface area contributed by atoms with E-state index in [2.05, 4.69) is 52.3 Å². The SMILES string of the molecule is S[C@H](COCc1ccccc1)CN1CCN(c2ccccc2)CC1. The van der Waals surface area contributed by atoms with Gasteiger partial charge in [0.05, 0.1) is 13.2 Å². The molecule has 0 amide bonds. The number of nitrogens with zero attached hydrogens (tertiary/aromatic N) is 2. The van der Waals surface area contributed by atoms with Gasteiger partial charge in [-0.2, -0.15) is 12.6 Å². The lowest BCUT2D eigenvalue weighted by molar-refractivity contribution is 0.112. The van der Waals surface area contributed by atoms with E-state index in [1.807, 2.05) is 18.2 Å². The van der Waals surface area contributed by atoms with Crippen LogP contribution in [0.15, 0.2) is 60.7 Å². The van der Waals surface area contributed by atoms with Gasteiger partial charge in [-0.25, -0.2) is 0 Å². The Balaban J connectivity index is 1.35. The Bertz CT molecular complexity index is 585. The second-order valence-corrected chi connectivity index (χ2v) is 7.01. The third kappa shape index (κ3) is 5.26. The zero-order valence-corrected chi connectivity index (χ0v) is 14.9. The molecule has 1 aliphatic rings. The van der Waals surface area contributed by atoms with E-state index >= 15 is 0 Å². The molecule has 1 atom stereocenters. The summed E-state index contributed by atoms with van der Waals surface area (Å²) in [7, 11) is 0. The lowest BCUT2D eigenvalue weighted by atomic mass is 10.2. The summed E-state index contributed by atoms with van der Waals surface area (Å²) in [4.78, 5) is 4.94. The van der Waals surface area contributed by atoms with Crippen LogP contribution < -0.4 is 4.90 Å². The van der Waals surface area contributed by atoms with Crippen molar-refractivity contribution in [1.82, 2.24) is 4.90 Å². The third-order valence-electron chi connectivity index (χ3n) is 4.38. The van der Waals surface area contributed by atoms with Crippen molar-refractivity contribution in [1.29, 1.82) is 0 Å². The van der Waals surface area contributed by atoms with E-state index in [4.69, 9.17) is 17.4 Å². The van der Waals surface area contributed by atoms with Crippen LogP contribution >= 0.6 is 12.6 Å². The second kappa shape index (κ2) is 9.11. The second-order valence-electron chi connectivity index (χ2n) is 6.28. The number of ether oxygens (including phenoxy) is 1. The maximum absolute atomic E-state index is 5.80. The number of hydrogen-bond acceptors (Lipinski definition) is 4. The van der Waals surface area contributed by atoms with Gasteiger partial charge in [-0.3, -0.25) is 4.90 Å². The molecule has 2 aromatic rings. The standard InChI is InChI=1S/C20H26N2OS/c24-20(17-23-16-18-7-3-1-4-8-18)15-21-11-13-22(14-12-21)19-9-5-2-6-10-19/h1-10,20,24H,11-17H2/t20-/m0/s1. The van der Waals surface area contributed by atoms with Gasteiger partial charge < -0.3 is 9.64 Å². The van der Waals surface area contributed by atoms with Crippen LogP contribution in [0.1, 0.15) is 5.56 Å². The summed E-state index contributed by atoms with van der Waals surface area (Å²) >= 11 is 4.70. The summed E-state index contributed by atoms with van der Waals surface area (Å²) in [6.07, 6.45) is 0. The summed E-state index contributed by atoms with van der Waals surface area (Å²) in [5, 5.41) is 0.261. The molecule has 2 aromatic carbocycles. The van der Waals surface area contributed by atoms with Crippen molar-refractivity contribution < 1.29 is 4.74 Å².